The summed E-state index contributed by atoms with van der Waals surface area (Å²) in [4.78, 5) is 39.9. The number of urea groups is 1. The number of nitrogens with zero attached hydrogens (tertiary/aromatic N) is 4. The number of ether oxygens (including phenoxy) is 1. The summed E-state index contributed by atoms with van der Waals surface area (Å²) >= 11 is 0. The van der Waals surface area contributed by atoms with E-state index in [2.05, 4.69) is 15.7 Å². The first kappa shape index (κ1) is 20.7. The molecule has 1 aromatic heterocycles. The van der Waals surface area contributed by atoms with Crippen LogP contribution in [0.15, 0.2) is 36.7 Å². The molecule has 0 unspecified atom stereocenters. The predicted molar refractivity (Wildman–Crippen MR) is 114 cm³/mol. The van der Waals surface area contributed by atoms with Crippen LogP contribution in [0.4, 0.5) is 21.0 Å². The normalized spacial score (nSPS) is 16.9. The molecule has 10 heteroatoms. The number of amides is 4. The number of carbonyl (C=O) groups excluding carboxylic acids is 3. The van der Waals surface area contributed by atoms with Gasteiger partial charge in [-0.2, -0.15) is 5.10 Å². The van der Waals surface area contributed by atoms with Crippen LogP contribution in [0, 0.1) is 5.92 Å². The van der Waals surface area contributed by atoms with Crippen molar-refractivity contribution in [3.05, 3.63) is 42.2 Å². The van der Waals surface area contributed by atoms with E-state index >= 15 is 0 Å². The number of anilines is 2. The maximum Gasteiger partial charge on any atom is 0.414 e. The third kappa shape index (κ3) is 4.96. The molecule has 0 saturated carbocycles. The Balaban J connectivity index is 1.24. The average molecular weight is 426 g/mol. The van der Waals surface area contributed by atoms with Gasteiger partial charge < -0.3 is 20.3 Å². The molecule has 4 amide bonds. The average Bonchev–Trinajstić information content (AvgIpc) is 3.40. The number of piperidine rings is 1. The maximum absolute atomic E-state index is 12.7. The van der Waals surface area contributed by atoms with Gasteiger partial charge in [-0.1, -0.05) is 6.07 Å². The van der Waals surface area contributed by atoms with Crippen LogP contribution >= 0.6 is 0 Å². The highest BCUT2D eigenvalue weighted by Crippen LogP contribution is 2.23. The van der Waals surface area contributed by atoms with Crippen molar-refractivity contribution in [3.63, 3.8) is 0 Å². The Morgan fingerprint density at radius 2 is 2.03 bits per heavy atom. The van der Waals surface area contributed by atoms with Gasteiger partial charge in [0.1, 0.15) is 6.61 Å². The zero-order valence-corrected chi connectivity index (χ0v) is 17.4. The number of likely N-dealkylation sites (tertiary alicyclic amines) is 1. The number of benzene rings is 1. The van der Waals surface area contributed by atoms with E-state index in [4.69, 9.17) is 4.74 Å². The van der Waals surface area contributed by atoms with Crippen molar-refractivity contribution in [3.8, 4) is 0 Å². The molecule has 2 fully saturated rings. The zero-order chi connectivity index (χ0) is 21.8. The van der Waals surface area contributed by atoms with Gasteiger partial charge in [-0.3, -0.25) is 14.4 Å². The van der Waals surface area contributed by atoms with Crippen molar-refractivity contribution in [2.75, 3.05) is 43.0 Å². The van der Waals surface area contributed by atoms with Crippen LogP contribution in [0.1, 0.15) is 23.2 Å². The lowest BCUT2D eigenvalue weighted by Crippen LogP contribution is -2.43. The summed E-state index contributed by atoms with van der Waals surface area (Å²) in [7, 11) is 1.77. The molecule has 164 valence electrons. The number of aromatic nitrogens is 2. The highest BCUT2D eigenvalue weighted by Gasteiger charge is 2.25. The summed E-state index contributed by atoms with van der Waals surface area (Å²) in [6.07, 6.45) is 4.50. The van der Waals surface area contributed by atoms with E-state index in [1.807, 2.05) is 6.07 Å². The van der Waals surface area contributed by atoms with Gasteiger partial charge in [-0.15, -0.1) is 0 Å². The minimum absolute atomic E-state index is 0.130. The fraction of sp³-hybridized carbons (Fsp3) is 0.429. The van der Waals surface area contributed by atoms with Crippen LogP contribution in [-0.4, -0.2) is 65.5 Å². The van der Waals surface area contributed by atoms with E-state index < -0.39 is 0 Å². The second-order valence-electron chi connectivity index (χ2n) is 7.79. The molecule has 2 aromatic rings. The lowest BCUT2D eigenvalue weighted by molar-refractivity contribution is 0.0938. The predicted octanol–water partition coefficient (Wildman–Crippen LogP) is 2.05. The van der Waals surface area contributed by atoms with Crippen LogP contribution in [0.5, 0.6) is 0 Å². The van der Waals surface area contributed by atoms with Crippen molar-refractivity contribution in [1.29, 1.82) is 0 Å². The first-order valence-corrected chi connectivity index (χ1v) is 10.4. The lowest BCUT2D eigenvalue weighted by Gasteiger charge is -2.32. The monoisotopic (exact) mass is 426 g/mol. The van der Waals surface area contributed by atoms with Crippen molar-refractivity contribution in [2.45, 2.75) is 12.8 Å². The number of rotatable bonds is 5. The van der Waals surface area contributed by atoms with Crippen LogP contribution in [0.3, 0.4) is 0 Å². The van der Waals surface area contributed by atoms with Gasteiger partial charge in [0.2, 0.25) is 0 Å². The minimum Gasteiger partial charge on any atom is -0.447 e. The van der Waals surface area contributed by atoms with Gasteiger partial charge in [-0.05, 0) is 37.0 Å². The minimum atomic E-state index is -0.374. The Morgan fingerprint density at radius 3 is 2.71 bits per heavy atom. The molecule has 2 N–H and O–H groups in total. The van der Waals surface area contributed by atoms with E-state index in [9.17, 15) is 14.4 Å². The molecule has 2 saturated heterocycles. The van der Waals surface area contributed by atoms with Crippen molar-refractivity contribution >= 4 is 29.4 Å². The standard InChI is InChI=1S/C21H26N6O4/c1-25-14-16(13-23-25)19(28)22-12-15-5-7-26(8-6-15)20(29)24-17-3-2-4-18(11-17)27-9-10-31-21(27)30/h2-4,11,13-15H,5-10,12H2,1H3,(H,22,28)(H,24,29). The number of hydrogen-bond acceptors (Lipinski definition) is 5. The molecule has 2 aliphatic heterocycles. The Kier molecular flexibility index (Phi) is 6.06. The van der Waals surface area contributed by atoms with Gasteiger partial charge in [0.05, 0.1) is 18.3 Å². The van der Waals surface area contributed by atoms with E-state index in [0.717, 1.165) is 12.8 Å². The highest BCUT2D eigenvalue weighted by atomic mass is 16.6. The molecule has 0 atom stereocenters. The first-order chi connectivity index (χ1) is 15.0. The third-order valence-corrected chi connectivity index (χ3v) is 5.59. The first-order valence-electron chi connectivity index (χ1n) is 10.4. The summed E-state index contributed by atoms with van der Waals surface area (Å²) in [6, 6.07) is 7.01. The number of aryl methyl sites for hydroxylation is 1. The van der Waals surface area contributed by atoms with Crippen LogP contribution in [0.25, 0.3) is 0 Å². The Morgan fingerprint density at radius 1 is 1.23 bits per heavy atom. The number of carbonyl (C=O) groups is 3. The SMILES string of the molecule is Cn1cc(C(=O)NCC2CCN(C(=O)Nc3cccc(N4CCOC4=O)c3)CC2)cn1. The van der Waals surface area contributed by atoms with Crippen LogP contribution < -0.4 is 15.5 Å². The van der Waals surface area contributed by atoms with Crippen molar-refractivity contribution in [1.82, 2.24) is 20.0 Å². The topological polar surface area (TPSA) is 109 Å². The Labute approximate surface area is 180 Å². The molecule has 0 spiro atoms. The van der Waals surface area contributed by atoms with E-state index in [1.165, 1.54) is 0 Å². The fourth-order valence-electron chi connectivity index (χ4n) is 3.80. The second-order valence-corrected chi connectivity index (χ2v) is 7.79. The third-order valence-electron chi connectivity index (χ3n) is 5.59. The van der Waals surface area contributed by atoms with Crippen LogP contribution in [-0.2, 0) is 11.8 Å². The highest BCUT2D eigenvalue weighted by molar-refractivity contribution is 5.94. The van der Waals surface area contributed by atoms with Crippen molar-refractivity contribution < 1.29 is 19.1 Å². The van der Waals surface area contributed by atoms with E-state index in [0.29, 0.717) is 55.6 Å². The molecular formula is C21H26N6O4. The number of nitrogens with one attached hydrogen (secondary N) is 2. The second kappa shape index (κ2) is 9.07. The Bertz CT molecular complexity index is 966. The molecule has 0 aliphatic carbocycles. The molecule has 1 aromatic carbocycles. The van der Waals surface area contributed by atoms with Gasteiger partial charge in [0.15, 0.2) is 0 Å². The summed E-state index contributed by atoms with van der Waals surface area (Å²) in [5.41, 5.74) is 1.88. The largest absolute Gasteiger partial charge is 0.447 e. The Hall–Kier alpha value is -3.56. The molecule has 31 heavy (non-hydrogen) atoms. The molecular weight excluding hydrogens is 400 g/mol. The molecule has 0 bridgehead atoms. The summed E-state index contributed by atoms with van der Waals surface area (Å²) in [5, 5.41) is 9.86. The lowest BCUT2D eigenvalue weighted by atomic mass is 9.97. The molecule has 4 rings (SSSR count). The van der Waals surface area contributed by atoms with E-state index in [-0.39, 0.29) is 18.0 Å². The fourth-order valence-corrected chi connectivity index (χ4v) is 3.80. The van der Waals surface area contributed by atoms with Gasteiger partial charge in [0.25, 0.3) is 5.91 Å². The van der Waals surface area contributed by atoms with Gasteiger partial charge in [0, 0.05) is 44.3 Å². The van der Waals surface area contributed by atoms with Crippen molar-refractivity contribution in [2.24, 2.45) is 13.0 Å². The van der Waals surface area contributed by atoms with Gasteiger partial charge >= 0.3 is 12.1 Å². The van der Waals surface area contributed by atoms with E-state index in [1.54, 1.807) is 52.1 Å². The van der Waals surface area contributed by atoms with Crippen LogP contribution in [0.2, 0.25) is 0 Å². The molecule has 3 heterocycles. The summed E-state index contributed by atoms with van der Waals surface area (Å²) in [6.45, 7) is 2.69. The summed E-state index contributed by atoms with van der Waals surface area (Å²) < 4.78 is 6.56. The number of cyclic esters (lactones) is 1. The van der Waals surface area contributed by atoms with Gasteiger partial charge in [-0.25, -0.2) is 9.59 Å². The quantitative estimate of drug-likeness (QED) is 0.761. The smallest absolute Gasteiger partial charge is 0.414 e. The molecule has 10 nitrogen and oxygen atoms in total. The number of hydrogen-bond donors (Lipinski definition) is 2. The molecule has 0 radical (unpaired) electrons. The summed E-state index contributed by atoms with van der Waals surface area (Å²) in [5.74, 6) is 0.198. The maximum atomic E-state index is 12.7. The zero-order valence-electron chi connectivity index (χ0n) is 17.4. The molecule has 2 aliphatic rings.